The third-order valence-electron chi connectivity index (χ3n) is 2.50. The van der Waals surface area contributed by atoms with Crippen molar-refractivity contribution in [1.82, 2.24) is 19.8 Å². The zero-order chi connectivity index (χ0) is 12.5. The summed E-state index contributed by atoms with van der Waals surface area (Å²) in [5, 5.41) is 16.6. The Kier molecular flexibility index (Phi) is 2.24. The fourth-order valence-electron chi connectivity index (χ4n) is 1.64. The van der Waals surface area contributed by atoms with Crippen LogP contribution in [0.25, 0.3) is 16.9 Å². The Balaban J connectivity index is 2.19. The lowest BCUT2D eigenvalue weighted by Crippen LogP contribution is -1.91. The van der Waals surface area contributed by atoms with Gasteiger partial charge in [-0.2, -0.15) is 5.26 Å². The number of aromatic nitrogens is 4. The van der Waals surface area contributed by atoms with Crippen LogP contribution in [0.4, 0.5) is 4.39 Å². The second kappa shape index (κ2) is 3.89. The first-order valence-corrected chi connectivity index (χ1v) is 5.15. The van der Waals surface area contributed by atoms with Gasteiger partial charge in [-0.1, -0.05) is 5.21 Å². The number of halogens is 1. The molecule has 5 nitrogen and oxygen atoms in total. The van der Waals surface area contributed by atoms with Crippen LogP contribution in [-0.4, -0.2) is 19.8 Å². The second-order valence-corrected chi connectivity index (χ2v) is 3.67. The maximum absolute atomic E-state index is 12.8. The summed E-state index contributed by atoms with van der Waals surface area (Å²) in [6, 6.07) is 7.90. The zero-order valence-electron chi connectivity index (χ0n) is 9.08. The van der Waals surface area contributed by atoms with E-state index in [1.165, 1.54) is 22.8 Å². The number of fused-ring (bicyclic) bond motifs is 1. The molecule has 3 aromatic rings. The number of rotatable bonds is 1. The second-order valence-electron chi connectivity index (χ2n) is 3.67. The van der Waals surface area contributed by atoms with Gasteiger partial charge in [-0.25, -0.2) is 13.9 Å². The van der Waals surface area contributed by atoms with Gasteiger partial charge in [0.05, 0.1) is 11.8 Å². The predicted molar refractivity (Wildman–Crippen MR) is 60.9 cm³/mol. The zero-order valence-corrected chi connectivity index (χ0v) is 9.08. The number of benzene rings is 1. The lowest BCUT2D eigenvalue weighted by Gasteiger charge is -1.96. The summed E-state index contributed by atoms with van der Waals surface area (Å²) in [4.78, 5) is 4.13. The average Bonchev–Trinajstić information content (AvgIpc) is 2.82. The van der Waals surface area contributed by atoms with Gasteiger partial charge in [-0.05, 0) is 24.3 Å². The molecule has 0 unspecified atom stereocenters. The largest absolute Gasteiger partial charge is 0.234 e. The number of nitriles is 1. The summed E-state index contributed by atoms with van der Waals surface area (Å²) >= 11 is 0. The van der Waals surface area contributed by atoms with Gasteiger partial charge in [0.2, 0.25) is 0 Å². The third kappa shape index (κ3) is 1.58. The molecule has 0 atom stereocenters. The molecule has 0 N–H and O–H groups in total. The van der Waals surface area contributed by atoms with Crippen LogP contribution in [0.1, 0.15) is 5.56 Å². The van der Waals surface area contributed by atoms with Crippen molar-refractivity contribution in [2.75, 3.05) is 0 Å². The normalized spacial score (nSPS) is 10.4. The van der Waals surface area contributed by atoms with Gasteiger partial charge in [-0.15, -0.1) is 5.10 Å². The Hall–Kier alpha value is -2.81. The summed E-state index contributed by atoms with van der Waals surface area (Å²) in [6.45, 7) is 0. The highest BCUT2D eigenvalue weighted by Crippen LogP contribution is 2.20. The van der Waals surface area contributed by atoms with Crippen molar-refractivity contribution < 1.29 is 4.39 Å². The SMILES string of the molecule is N#Cc1cnc2c(-c3ccc(F)cc3)nnn2c1. The van der Waals surface area contributed by atoms with Gasteiger partial charge in [0.15, 0.2) is 5.65 Å². The molecule has 2 heterocycles. The van der Waals surface area contributed by atoms with E-state index in [9.17, 15) is 4.39 Å². The van der Waals surface area contributed by atoms with E-state index in [0.717, 1.165) is 5.56 Å². The highest BCUT2D eigenvalue weighted by molar-refractivity contribution is 5.73. The molecule has 3 rings (SSSR count). The molecule has 1 aromatic carbocycles. The number of hydrogen-bond donors (Lipinski definition) is 0. The van der Waals surface area contributed by atoms with Gasteiger partial charge in [-0.3, -0.25) is 0 Å². The van der Waals surface area contributed by atoms with Crippen LogP contribution in [0.15, 0.2) is 36.7 Å². The fraction of sp³-hybridized carbons (Fsp3) is 0. The van der Waals surface area contributed by atoms with Crippen LogP contribution >= 0.6 is 0 Å². The Morgan fingerprint density at radius 3 is 2.72 bits per heavy atom. The van der Waals surface area contributed by atoms with Crippen molar-refractivity contribution in [3.63, 3.8) is 0 Å². The molecule has 0 aliphatic rings. The number of hydrogen-bond acceptors (Lipinski definition) is 4. The van der Waals surface area contributed by atoms with Crippen LogP contribution in [0.2, 0.25) is 0 Å². The first-order valence-electron chi connectivity index (χ1n) is 5.15. The van der Waals surface area contributed by atoms with Crippen molar-refractivity contribution >= 4 is 5.65 Å². The molecule has 6 heteroatoms. The van der Waals surface area contributed by atoms with Gasteiger partial charge in [0.25, 0.3) is 0 Å². The topological polar surface area (TPSA) is 66.9 Å². The van der Waals surface area contributed by atoms with Crippen LogP contribution in [-0.2, 0) is 0 Å². The van der Waals surface area contributed by atoms with E-state index in [2.05, 4.69) is 15.3 Å². The molecule has 86 valence electrons. The van der Waals surface area contributed by atoms with Gasteiger partial charge < -0.3 is 0 Å². The van der Waals surface area contributed by atoms with Crippen LogP contribution in [0.5, 0.6) is 0 Å². The highest BCUT2D eigenvalue weighted by Gasteiger charge is 2.10. The van der Waals surface area contributed by atoms with Crippen molar-refractivity contribution in [3.05, 3.63) is 48.0 Å². The first kappa shape index (κ1) is 10.4. The van der Waals surface area contributed by atoms with Gasteiger partial charge in [0.1, 0.15) is 17.6 Å². The molecule has 0 bridgehead atoms. The summed E-state index contributed by atoms with van der Waals surface area (Å²) in [5.41, 5.74) is 2.21. The molecule has 0 radical (unpaired) electrons. The molecule has 2 aromatic heterocycles. The number of nitrogens with zero attached hydrogens (tertiary/aromatic N) is 5. The van der Waals surface area contributed by atoms with Crippen molar-refractivity contribution in [2.24, 2.45) is 0 Å². The van der Waals surface area contributed by atoms with Gasteiger partial charge >= 0.3 is 0 Å². The lowest BCUT2D eigenvalue weighted by molar-refractivity contribution is 0.628. The lowest BCUT2D eigenvalue weighted by atomic mass is 10.1. The molecule has 0 fully saturated rings. The van der Waals surface area contributed by atoms with E-state index < -0.39 is 0 Å². The predicted octanol–water partition coefficient (Wildman–Crippen LogP) is 1.80. The fourth-order valence-corrected chi connectivity index (χ4v) is 1.64. The summed E-state index contributed by atoms with van der Waals surface area (Å²) in [6.07, 6.45) is 2.99. The van der Waals surface area contributed by atoms with E-state index in [0.29, 0.717) is 16.9 Å². The molecule has 0 saturated heterocycles. The molecule has 0 aliphatic heterocycles. The van der Waals surface area contributed by atoms with E-state index in [1.807, 2.05) is 6.07 Å². The van der Waals surface area contributed by atoms with Gasteiger partial charge in [0, 0.05) is 11.8 Å². The van der Waals surface area contributed by atoms with Crippen LogP contribution in [0.3, 0.4) is 0 Å². The van der Waals surface area contributed by atoms with Crippen molar-refractivity contribution in [1.29, 1.82) is 5.26 Å². The Labute approximate surface area is 101 Å². The van der Waals surface area contributed by atoms with E-state index in [1.54, 1.807) is 18.3 Å². The maximum atomic E-state index is 12.8. The van der Waals surface area contributed by atoms with Crippen molar-refractivity contribution in [3.8, 4) is 17.3 Å². The minimum absolute atomic E-state index is 0.310. The molecular formula is C12H6FN5. The minimum Gasteiger partial charge on any atom is -0.234 e. The Morgan fingerprint density at radius 1 is 1.22 bits per heavy atom. The first-order chi connectivity index (χ1) is 8.78. The maximum Gasteiger partial charge on any atom is 0.183 e. The third-order valence-corrected chi connectivity index (χ3v) is 2.50. The average molecular weight is 239 g/mol. The van der Waals surface area contributed by atoms with E-state index >= 15 is 0 Å². The Bertz CT molecular complexity index is 754. The summed E-state index contributed by atoms with van der Waals surface area (Å²) < 4.78 is 14.3. The van der Waals surface area contributed by atoms with Crippen LogP contribution < -0.4 is 0 Å². The van der Waals surface area contributed by atoms with Crippen molar-refractivity contribution in [2.45, 2.75) is 0 Å². The van der Waals surface area contributed by atoms with E-state index in [4.69, 9.17) is 5.26 Å². The quantitative estimate of drug-likeness (QED) is 0.649. The molecule has 0 spiro atoms. The Morgan fingerprint density at radius 2 is 2.00 bits per heavy atom. The highest BCUT2D eigenvalue weighted by atomic mass is 19.1. The monoisotopic (exact) mass is 239 g/mol. The van der Waals surface area contributed by atoms with E-state index in [-0.39, 0.29) is 5.82 Å². The van der Waals surface area contributed by atoms with Crippen LogP contribution in [0, 0.1) is 17.1 Å². The summed E-state index contributed by atoms with van der Waals surface area (Å²) in [5.74, 6) is -0.310. The molecule has 18 heavy (non-hydrogen) atoms. The molecule has 0 saturated carbocycles. The molecule has 0 aliphatic carbocycles. The standard InChI is InChI=1S/C12H6FN5/c13-10-3-1-9(2-4-10)11-12-15-6-8(5-14)7-18(12)17-16-11/h1-4,6-7H. The summed E-state index contributed by atoms with van der Waals surface area (Å²) in [7, 11) is 0. The minimum atomic E-state index is -0.310. The molecule has 0 amide bonds. The molecular weight excluding hydrogens is 233 g/mol. The smallest absolute Gasteiger partial charge is 0.183 e.